The van der Waals surface area contributed by atoms with Crippen LogP contribution in [0.1, 0.15) is 57.7 Å². The lowest BCUT2D eigenvalue weighted by Crippen LogP contribution is -2.49. The first-order valence-electron chi connectivity index (χ1n) is 10.1. The lowest BCUT2D eigenvalue weighted by Gasteiger charge is -2.41. The van der Waals surface area contributed by atoms with E-state index in [1.807, 2.05) is 53.7 Å². The van der Waals surface area contributed by atoms with Gasteiger partial charge in [0.25, 0.3) is 0 Å². The second kappa shape index (κ2) is 8.00. The summed E-state index contributed by atoms with van der Waals surface area (Å²) in [6, 6.07) is 3.69. The highest BCUT2D eigenvalue weighted by Gasteiger charge is 2.64. The van der Waals surface area contributed by atoms with Gasteiger partial charge in [0.2, 0.25) is 10.0 Å². The highest BCUT2D eigenvalue weighted by molar-refractivity contribution is 7.89. The number of aliphatic carboxylic acids is 1. The number of rotatable bonds is 8. The quantitative estimate of drug-likeness (QED) is 0.617. The molecule has 1 fully saturated rings. The van der Waals surface area contributed by atoms with Crippen molar-refractivity contribution in [2.45, 2.75) is 78.9 Å². The van der Waals surface area contributed by atoms with Crippen molar-refractivity contribution in [1.29, 1.82) is 0 Å². The molecule has 0 bridgehead atoms. The molecule has 0 unspecified atom stereocenters. The number of nitrogens with one attached hydrogen (secondary N) is 1. The van der Waals surface area contributed by atoms with Crippen LogP contribution in [0.2, 0.25) is 0 Å². The molecule has 3 atom stereocenters. The minimum absolute atomic E-state index is 0.0585. The van der Waals surface area contributed by atoms with Crippen LogP contribution in [-0.2, 0) is 19.6 Å². The topological polar surface area (TPSA) is 96.0 Å². The van der Waals surface area contributed by atoms with Crippen LogP contribution in [0.15, 0.2) is 17.0 Å². The average molecular weight is 426 g/mol. The molecular formula is C22H35NO5S. The number of carbonyl (C=O) groups is 1. The molecule has 0 amide bonds. The molecular weight excluding hydrogens is 390 g/mol. The van der Waals surface area contributed by atoms with Gasteiger partial charge in [-0.05, 0) is 49.7 Å². The van der Waals surface area contributed by atoms with Crippen LogP contribution in [0.25, 0.3) is 0 Å². The Morgan fingerprint density at radius 1 is 1.17 bits per heavy atom. The van der Waals surface area contributed by atoms with Crippen molar-refractivity contribution in [2.24, 2.45) is 16.7 Å². The van der Waals surface area contributed by atoms with Crippen molar-refractivity contribution in [2.75, 3.05) is 6.54 Å². The van der Waals surface area contributed by atoms with E-state index >= 15 is 0 Å². The van der Waals surface area contributed by atoms with Gasteiger partial charge in [0.05, 0.1) is 11.0 Å². The second-order valence-electron chi connectivity index (χ2n) is 9.80. The first kappa shape index (κ1) is 23.8. The van der Waals surface area contributed by atoms with Gasteiger partial charge in [-0.15, -0.1) is 0 Å². The van der Waals surface area contributed by atoms with Crippen molar-refractivity contribution < 1.29 is 23.1 Å². The molecule has 1 aromatic carbocycles. The van der Waals surface area contributed by atoms with Crippen LogP contribution >= 0.6 is 0 Å². The number of hydrogen-bond acceptors (Lipinski definition) is 4. The summed E-state index contributed by atoms with van der Waals surface area (Å²) in [4.78, 5) is 12.6. The summed E-state index contributed by atoms with van der Waals surface area (Å²) >= 11 is 0. The van der Waals surface area contributed by atoms with Crippen molar-refractivity contribution in [1.82, 2.24) is 4.72 Å². The number of ether oxygens (including phenoxy) is 1. The fourth-order valence-corrected chi connectivity index (χ4v) is 6.10. The molecule has 0 radical (unpaired) electrons. The van der Waals surface area contributed by atoms with E-state index in [0.29, 0.717) is 17.5 Å². The summed E-state index contributed by atoms with van der Waals surface area (Å²) in [5, 5.41) is 10.1. The molecule has 1 aliphatic heterocycles. The van der Waals surface area contributed by atoms with Crippen molar-refractivity contribution >= 4 is 16.0 Å². The van der Waals surface area contributed by atoms with Gasteiger partial charge in [0.15, 0.2) is 0 Å². The van der Waals surface area contributed by atoms with Gasteiger partial charge in [0.1, 0.15) is 11.5 Å². The van der Waals surface area contributed by atoms with E-state index in [9.17, 15) is 18.3 Å². The first-order chi connectivity index (χ1) is 13.1. The monoisotopic (exact) mass is 425 g/mol. The van der Waals surface area contributed by atoms with Gasteiger partial charge in [0, 0.05) is 6.54 Å². The SMILES string of the molecule is Cc1cc(C)c(S(=O)(=O)NC[C@@H]2O[C@H]2[C@](CC(C)C)(C(=O)O)C(C)(C)C)c(C)c1. The molecule has 1 saturated heterocycles. The van der Waals surface area contributed by atoms with Crippen LogP contribution in [-0.4, -0.2) is 38.2 Å². The zero-order valence-corrected chi connectivity index (χ0v) is 19.6. The van der Waals surface area contributed by atoms with Gasteiger partial charge < -0.3 is 9.84 Å². The fraction of sp³-hybridized carbons (Fsp3) is 0.682. The maximum Gasteiger partial charge on any atom is 0.312 e. The number of benzene rings is 1. The molecule has 29 heavy (non-hydrogen) atoms. The smallest absolute Gasteiger partial charge is 0.312 e. The van der Waals surface area contributed by atoms with E-state index in [0.717, 1.165) is 5.56 Å². The summed E-state index contributed by atoms with van der Waals surface area (Å²) < 4.78 is 34.2. The van der Waals surface area contributed by atoms with Crippen molar-refractivity contribution in [3.8, 4) is 0 Å². The zero-order chi connectivity index (χ0) is 22.4. The van der Waals surface area contributed by atoms with E-state index in [4.69, 9.17) is 4.74 Å². The molecule has 2 rings (SSSR count). The van der Waals surface area contributed by atoms with Crippen molar-refractivity contribution in [3.63, 3.8) is 0 Å². The Morgan fingerprint density at radius 3 is 2.10 bits per heavy atom. The highest BCUT2D eigenvalue weighted by atomic mass is 32.2. The number of aryl methyl sites for hydroxylation is 3. The molecule has 0 aromatic heterocycles. The Bertz CT molecular complexity index is 862. The summed E-state index contributed by atoms with van der Waals surface area (Å²) in [5.74, 6) is -0.719. The summed E-state index contributed by atoms with van der Waals surface area (Å²) in [5.41, 5.74) is 0.781. The summed E-state index contributed by atoms with van der Waals surface area (Å²) in [6.45, 7) is 15.3. The van der Waals surface area contributed by atoms with Gasteiger partial charge >= 0.3 is 5.97 Å². The maximum atomic E-state index is 12.9. The lowest BCUT2D eigenvalue weighted by atomic mass is 9.60. The van der Waals surface area contributed by atoms with E-state index in [-0.39, 0.29) is 17.4 Å². The third-order valence-electron chi connectivity index (χ3n) is 5.87. The number of carboxylic acid groups (broad SMARTS) is 1. The molecule has 1 heterocycles. The number of carboxylic acids is 1. The van der Waals surface area contributed by atoms with Crippen LogP contribution < -0.4 is 4.72 Å². The fourth-order valence-electron chi connectivity index (χ4n) is 4.61. The largest absolute Gasteiger partial charge is 0.481 e. The zero-order valence-electron chi connectivity index (χ0n) is 18.8. The van der Waals surface area contributed by atoms with Crippen LogP contribution in [0.3, 0.4) is 0 Å². The van der Waals surface area contributed by atoms with Gasteiger partial charge in [-0.3, -0.25) is 4.79 Å². The Hall–Kier alpha value is -1.44. The third kappa shape index (κ3) is 4.67. The third-order valence-corrected chi connectivity index (χ3v) is 7.59. The highest BCUT2D eigenvalue weighted by Crippen LogP contribution is 2.54. The normalized spacial score (nSPS) is 21.8. The van der Waals surface area contributed by atoms with E-state index in [1.54, 1.807) is 13.8 Å². The van der Waals surface area contributed by atoms with E-state index < -0.39 is 39.0 Å². The molecule has 7 heteroatoms. The molecule has 1 aromatic rings. The van der Waals surface area contributed by atoms with Crippen LogP contribution in [0.4, 0.5) is 0 Å². The Morgan fingerprint density at radius 2 is 1.69 bits per heavy atom. The predicted octanol–water partition coefficient (Wildman–Crippen LogP) is 3.82. The minimum Gasteiger partial charge on any atom is -0.481 e. The van der Waals surface area contributed by atoms with Crippen LogP contribution in [0.5, 0.6) is 0 Å². The predicted molar refractivity (Wildman–Crippen MR) is 113 cm³/mol. The molecule has 0 saturated carbocycles. The molecule has 0 aliphatic carbocycles. The van der Waals surface area contributed by atoms with Gasteiger partial charge in [-0.25, -0.2) is 13.1 Å². The standard InChI is InChI=1S/C22H35NO5S/c1-13(2)11-22(20(24)25,21(6,7)8)19-17(28-19)12-23-29(26,27)18-15(4)9-14(3)10-16(18)5/h9-10,13,17,19,23H,11-12H2,1-8H3,(H,24,25)/t17-,19+,22+/m0/s1. The van der Waals surface area contributed by atoms with Crippen LogP contribution in [0, 0.1) is 37.5 Å². The average Bonchev–Trinajstić information content (AvgIpc) is 3.27. The Kier molecular flexibility index (Phi) is 6.58. The molecule has 2 N–H and O–H groups in total. The second-order valence-corrected chi connectivity index (χ2v) is 11.5. The molecule has 6 nitrogen and oxygen atoms in total. The van der Waals surface area contributed by atoms with E-state index in [2.05, 4.69) is 4.72 Å². The summed E-state index contributed by atoms with van der Waals surface area (Å²) in [7, 11) is -3.72. The van der Waals surface area contributed by atoms with Gasteiger partial charge in [-0.2, -0.15) is 0 Å². The summed E-state index contributed by atoms with van der Waals surface area (Å²) in [6.07, 6.45) is -0.508. The number of epoxide rings is 1. The first-order valence-corrected chi connectivity index (χ1v) is 11.6. The minimum atomic E-state index is -3.72. The molecule has 164 valence electrons. The number of sulfonamides is 1. The Balaban J connectivity index is 2.23. The van der Waals surface area contributed by atoms with E-state index in [1.165, 1.54) is 0 Å². The molecule has 1 aliphatic rings. The molecule has 0 spiro atoms. The lowest BCUT2D eigenvalue weighted by molar-refractivity contribution is -0.160. The van der Waals surface area contributed by atoms with Gasteiger partial charge in [-0.1, -0.05) is 52.3 Å². The maximum absolute atomic E-state index is 12.9. The Labute approximate surface area is 175 Å². The number of hydrogen-bond donors (Lipinski definition) is 2. The van der Waals surface area contributed by atoms with Crippen molar-refractivity contribution in [3.05, 3.63) is 28.8 Å².